The number of hydrogen-bond acceptors (Lipinski definition) is 5. The van der Waals surface area contributed by atoms with Crippen molar-refractivity contribution in [2.24, 2.45) is 5.73 Å². The molecule has 2 unspecified atom stereocenters. The molecular formula is C17H10Cl2F6N4O. The van der Waals surface area contributed by atoms with Gasteiger partial charge in [-0.3, -0.25) is 0 Å². The number of alkyl halides is 4. The second-order valence-electron chi connectivity index (χ2n) is 6.05. The van der Waals surface area contributed by atoms with Gasteiger partial charge in [-0.25, -0.2) is 27.5 Å². The number of nitrogen functional groups attached to an aromatic ring is 1. The number of anilines is 1. The van der Waals surface area contributed by atoms with Crippen molar-refractivity contribution in [1.29, 1.82) is 0 Å². The van der Waals surface area contributed by atoms with Crippen LogP contribution in [-0.2, 0) is 11.8 Å². The molecule has 0 fully saturated rings. The molecule has 1 aromatic carbocycles. The molecule has 1 aliphatic rings. The van der Waals surface area contributed by atoms with E-state index in [1.54, 1.807) is 0 Å². The molecule has 4 N–H and O–H groups in total. The van der Waals surface area contributed by atoms with Crippen LogP contribution in [0.1, 0.15) is 11.3 Å². The van der Waals surface area contributed by atoms with E-state index in [9.17, 15) is 22.0 Å². The standard InChI is InChI=1S/C17H10Cl2F6N4O/c18-11-7(21)2-1-6(20)10(11)17(24,25)30-15-14(27)28-5-9(29-15)16(23)4-3-8(22)12(26)13(16)19/h1-5,13H,26H2,(H2,27,28). The lowest BCUT2D eigenvalue weighted by molar-refractivity contribution is -0.189. The van der Waals surface area contributed by atoms with E-state index in [-0.39, 0.29) is 0 Å². The van der Waals surface area contributed by atoms with Crippen molar-refractivity contribution in [3.63, 3.8) is 0 Å². The molecule has 1 aliphatic carbocycles. The van der Waals surface area contributed by atoms with Gasteiger partial charge < -0.3 is 16.2 Å². The van der Waals surface area contributed by atoms with Crippen LogP contribution in [0.5, 0.6) is 5.88 Å². The van der Waals surface area contributed by atoms with Gasteiger partial charge in [0.15, 0.2) is 11.5 Å². The van der Waals surface area contributed by atoms with Crippen LogP contribution >= 0.6 is 23.2 Å². The topological polar surface area (TPSA) is 87.0 Å². The number of benzene rings is 1. The van der Waals surface area contributed by atoms with Crippen molar-refractivity contribution in [2.45, 2.75) is 17.2 Å². The average molecular weight is 471 g/mol. The van der Waals surface area contributed by atoms with Crippen molar-refractivity contribution in [3.8, 4) is 5.88 Å². The Hall–Kier alpha value is -2.66. The predicted octanol–water partition coefficient (Wildman–Crippen LogP) is 4.60. The summed E-state index contributed by atoms with van der Waals surface area (Å²) in [5.41, 5.74) is 5.06. The van der Waals surface area contributed by atoms with Gasteiger partial charge in [0.2, 0.25) is 0 Å². The van der Waals surface area contributed by atoms with Gasteiger partial charge in [0.1, 0.15) is 34.1 Å². The summed E-state index contributed by atoms with van der Waals surface area (Å²) in [5, 5.41) is -3.04. The highest BCUT2D eigenvalue weighted by atomic mass is 35.5. The predicted molar refractivity (Wildman–Crippen MR) is 96.2 cm³/mol. The minimum Gasteiger partial charge on any atom is -0.407 e. The lowest BCUT2D eigenvalue weighted by atomic mass is 9.91. The summed E-state index contributed by atoms with van der Waals surface area (Å²) in [6.45, 7) is 0. The maximum absolute atomic E-state index is 15.4. The molecule has 0 radical (unpaired) electrons. The number of hydrogen-bond donors (Lipinski definition) is 2. The van der Waals surface area contributed by atoms with Crippen LogP contribution in [0.15, 0.2) is 42.0 Å². The molecule has 2 aromatic rings. The normalized spacial score (nSPS) is 21.8. The number of nitrogens with zero attached hydrogens (tertiary/aromatic N) is 2. The second kappa shape index (κ2) is 7.55. The monoisotopic (exact) mass is 470 g/mol. The quantitative estimate of drug-likeness (QED) is 0.387. The maximum atomic E-state index is 15.4. The summed E-state index contributed by atoms with van der Waals surface area (Å²) in [5.74, 6) is -5.80. The van der Waals surface area contributed by atoms with Gasteiger partial charge in [-0.15, -0.1) is 11.6 Å². The van der Waals surface area contributed by atoms with E-state index in [0.29, 0.717) is 24.3 Å². The SMILES string of the molecule is NC1=C(F)C=CC(F)(c2cnc(N)c(OC(F)(F)c3c(F)ccc(F)c3Cl)n2)C1Cl. The van der Waals surface area contributed by atoms with Crippen molar-refractivity contribution >= 4 is 29.0 Å². The molecule has 0 saturated heterocycles. The van der Waals surface area contributed by atoms with Crippen LogP contribution in [0.2, 0.25) is 5.02 Å². The van der Waals surface area contributed by atoms with Crippen LogP contribution in [0, 0.1) is 11.6 Å². The third kappa shape index (κ3) is 3.63. The van der Waals surface area contributed by atoms with Crippen molar-refractivity contribution in [3.05, 3.63) is 69.9 Å². The van der Waals surface area contributed by atoms with Gasteiger partial charge in [0, 0.05) is 0 Å². The summed E-state index contributed by atoms with van der Waals surface area (Å²) in [4.78, 5) is 7.00. The first-order valence-corrected chi connectivity index (χ1v) is 8.71. The van der Waals surface area contributed by atoms with Crippen molar-refractivity contribution < 1.29 is 31.1 Å². The number of rotatable bonds is 4. The van der Waals surface area contributed by atoms with Crippen LogP contribution in [0.4, 0.5) is 32.2 Å². The third-order valence-corrected chi connectivity index (χ3v) is 5.03. The first kappa shape index (κ1) is 22.0. The Morgan fingerprint density at radius 1 is 1.13 bits per heavy atom. The van der Waals surface area contributed by atoms with E-state index >= 15 is 4.39 Å². The Morgan fingerprint density at radius 2 is 1.77 bits per heavy atom. The molecule has 0 spiro atoms. The van der Waals surface area contributed by atoms with Gasteiger partial charge in [0.25, 0.3) is 5.88 Å². The Labute approximate surface area is 174 Å². The van der Waals surface area contributed by atoms with E-state index in [1.165, 1.54) is 0 Å². The fourth-order valence-electron chi connectivity index (χ4n) is 2.55. The van der Waals surface area contributed by atoms with E-state index in [4.69, 9.17) is 34.7 Å². The summed E-state index contributed by atoms with van der Waals surface area (Å²) >= 11 is 11.3. The highest BCUT2D eigenvalue weighted by Gasteiger charge is 2.46. The van der Waals surface area contributed by atoms with Crippen LogP contribution in [-0.4, -0.2) is 15.3 Å². The molecule has 160 valence electrons. The summed E-state index contributed by atoms with van der Waals surface area (Å²) in [6, 6.07) is 0.941. The fraction of sp³-hybridized carbons (Fsp3) is 0.176. The first-order valence-electron chi connectivity index (χ1n) is 7.89. The molecule has 5 nitrogen and oxygen atoms in total. The molecule has 1 aromatic heterocycles. The van der Waals surface area contributed by atoms with E-state index < -0.39 is 68.3 Å². The molecule has 1 heterocycles. The maximum Gasteiger partial charge on any atom is 0.432 e. The van der Waals surface area contributed by atoms with Gasteiger partial charge in [-0.05, 0) is 24.3 Å². The molecular weight excluding hydrogens is 461 g/mol. The van der Waals surface area contributed by atoms with Crippen molar-refractivity contribution in [2.75, 3.05) is 5.73 Å². The Kier molecular flexibility index (Phi) is 5.54. The van der Waals surface area contributed by atoms with Crippen LogP contribution < -0.4 is 16.2 Å². The minimum atomic E-state index is -4.58. The van der Waals surface area contributed by atoms with Gasteiger partial charge in [0.05, 0.1) is 16.9 Å². The molecule has 0 aliphatic heterocycles. The third-order valence-electron chi connectivity index (χ3n) is 4.11. The zero-order valence-electron chi connectivity index (χ0n) is 14.4. The van der Waals surface area contributed by atoms with E-state index in [2.05, 4.69) is 14.7 Å². The summed E-state index contributed by atoms with van der Waals surface area (Å²) in [7, 11) is 0. The van der Waals surface area contributed by atoms with Gasteiger partial charge in [-0.1, -0.05) is 11.6 Å². The molecule has 0 saturated carbocycles. The summed E-state index contributed by atoms with van der Waals surface area (Å²) < 4.78 is 89.6. The highest BCUT2D eigenvalue weighted by molar-refractivity contribution is 6.31. The number of ether oxygens (including phenoxy) is 1. The van der Waals surface area contributed by atoms with Crippen molar-refractivity contribution in [1.82, 2.24) is 9.97 Å². The molecule has 2 atom stereocenters. The molecule has 0 bridgehead atoms. The van der Waals surface area contributed by atoms with E-state index in [1.807, 2.05) is 0 Å². The molecule has 30 heavy (non-hydrogen) atoms. The molecule has 13 heteroatoms. The summed E-state index contributed by atoms with van der Waals surface area (Å²) in [6.07, 6.45) is -2.51. The molecule has 0 amide bonds. The Bertz CT molecular complexity index is 1080. The smallest absolute Gasteiger partial charge is 0.407 e. The Balaban J connectivity index is 2.04. The largest absolute Gasteiger partial charge is 0.432 e. The van der Waals surface area contributed by atoms with Crippen LogP contribution in [0.25, 0.3) is 0 Å². The fourth-order valence-corrected chi connectivity index (χ4v) is 3.10. The Morgan fingerprint density at radius 3 is 2.43 bits per heavy atom. The lowest BCUT2D eigenvalue weighted by Crippen LogP contribution is -2.37. The zero-order valence-corrected chi connectivity index (χ0v) is 16.0. The van der Waals surface area contributed by atoms with Gasteiger partial charge >= 0.3 is 6.11 Å². The second-order valence-corrected chi connectivity index (χ2v) is 6.86. The minimum absolute atomic E-state index is 0.407. The average Bonchev–Trinajstić information content (AvgIpc) is 2.68. The van der Waals surface area contributed by atoms with Crippen LogP contribution in [0.3, 0.4) is 0 Å². The lowest BCUT2D eigenvalue weighted by Gasteiger charge is -2.29. The number of aromatic nitrogens is 2. The van der Waals surface area contributed by atoms with Gasteiger partial charge in [-0.2, -0.15) is 8.78 Å². The van der Waals surface area contributed by atoms with E-state index in [0.717, 1.165) is 6.20 Å². The number of halogens is 8. The number of allylic oxidation sites excluding steroid dienone is 4. The highest BCUT2D eigenvalue weighted by Crippen LogP contribution is 2.43. The first-order chi connectivity index (χ1) is 13.9. The zero-order chi connectivity index (χ0) is 22.4. The molecule has 3 rings (SSSR count). The number of nitrogens with two attached hydrogens (primary N) is 2.